The summed E-state index contributed by atoms with van der Waals surface area (Å²) in [5.74, 6) is 0.377. The van der Waals surface area contributed by atoms with Crippen LogP contribution < -0.4 is 10.6 Å². The molecule has 2 N–H and O–H groups in total. The Kier molecular flexibility index (Phi) is 4.73. The quantitative estimate of drug-likeness (QED) is 0.859. The first-order valence-corrected chi connectivity index (χ1v) is 6.02. The Morgan fingerprint density at radius 2 is 2.00 bits per heavy atom. The van der Waals surface area contributed by atoms with Crippen LogP contribution in [-0.4, -0.2) is 12.1 Å². The number of amides is 2. The van der Waals surface area contributed by atoms with Crippen LogP contribution in [0.1, 0.15) is 31.9 Å². The molecular weight excluding hydrogens is 226 g/mol. The molecule has 1 atom stereocenters. The van der Waals surface area contributed by atoms with Crippen molar-refractivity contribution in [1.82, 2.24) is 5.32 Å². The third-order valence-electron chi connectivity index (χ3n) is 2.97. The largest absolute Gasteiger partial charge is 0.335 e. The van der Waals surface area contributed by atoms with Crippen LogP contribution in [0.25, 0.3) is 0 Å². The predicted octanol–water partition coefficient (Wildman–Crippen LogP) is 3.03. The first-order valence-electron chi connectivity index (χ1n) is 6.02. The molecule has 1 rings (SSSR count). The molecule has 0 saturated carbocycles. The molecule has 0 radical (unpaired) electrons. The summed E-state index contributed by atoms with van der Waals surface area (Å²) >= 11 is 0. The van der Waals surface area contributed by atoms with Crippen LogP contribution in [0.4, 0.5) is 10.5 Å². The van der Waals surface area contributed by atoms with Gasteiger partial charge in [-0.2, -0.15) is 5.26 Å². The number of aryl methyl sites for hydroxylation is 1. The van der Waals surface area contributed by atoms with Gasteiger partial charge < -0.3 is 10.6 Å². The number of nitrogens with zero attached hydrogens (tertiary/aromatic N) is 1. The standard InChI is InChI=1S/C14H19N3O/c1-9(2)11(4)16-14(18)17-13-7-12(8-15)6-5-10(13)3/h5-7,9,11H,1-4H3,(H2,16,17,18)/t11-/m0/s1. The summed E-state index contributed by atoms with van der Waals surface area (Å²) in [6, 6.07) is 7.14. The molecule has 0 heterocycles. The number of urea groups is 1. The highest BCUT2D eigenvalue weighted by Gasteiger charge is 2.11. The molecule has 0 spiro atoms. The SMILES string of the molecule is Cc1ccc(C#N)cc1NC(=O)N[C@@H](C)C(C)C. The monoisotopic (exact) mass is 245 g/mol. The number of anilines is 1. The van der Waals surface area contributed by atoms with Crippen LogP contribution in [-0.2, 0) is 0 Å². The van der Waals surface area contributed by atoms with Crippen LogP contribution in [0, 0.1) is 24.2 Å². The summed E-state index contributed by atoms with van der Waals surface area (Å²) < 4.78 is 0. The third kappa shape index (κ3) is 3.77. The number of carbonyl (C=O) groups excluding carboxylic acids is 1. The fourth-order valence-electron chi connectivity index (χ4n) is 1.36. The van der Waals surface area contributed by atoms with Crippen molar-refractivity contribution in [2.75, 3.05) is 5.32 Å². The van der Waals surface area contributed by atoms with Crippen LogP contribution >= 0.6 is 0 Å². The van der Waals surface area contributed by atoms with Gasteiger partial charge in [0.25, 0.3) is 0 Å². The second-order valence-electron chi connectivity index (χ2n) is 4.77. The highest BCUT2D eigenvalue weighted by Crippen LogP contribution is 2.16. The number of hydrogen-bond donors (Lipinski definition) is 2. The zero-order valence-corrected chi connectivity index (χ0v) is 11.2. The van der Waals surface area contributed by atoms with E-state index in [1.807, 2.05) is 33.8 Å². The maximum atomic E-state index is 11.8. The van der Waals surface area contributed by atoms with E-state index in [0.717, 1.165) is 5.56 Å². The number of carbonyl (C=O) groups is 1. The molecule has 18 heavy (non-hydrogen) atoms. The van der Waals surface area contributed by atoms with Gasteiger partial charge in [0.2, 0.25) is 0 Å². The van der Waals surface area contributed by atoms with Gasteiger partial charge in [-0.1, -0.05) is 19.9 Å². The van der Waals surface area contributed by atoms with Gasteiger partial charge >= 0.3 is 6.03 Å². The topological polar surface area (TPSA) is 64.9 Å². The predicted molar refractivity (Wildman–Crippen MR) is 72.3 cm³/mol. The Morgan fingerprint density at radius 3 is 2.56 bits per heavy atom. The van der Waals surface area contributed by atoms with Crippen molar-refractivity contribution in [1.29, 1.82) is 5.26 Å². The van der Waals surface area contributed by atoms with Gasteiger partial charge in [0.15, 0.2) is 0 Å². The second kappa shape index (κ2) is 6.06. The molecule has 96 valence electrons. The molecule has 4 nitrogen and oxygen atoms in total. The van der Waals surface area contributed by atoms with Gasteiger partial charge in [0, 0.05) is 11.7 Å². The van der Waals surface area contributed by atoms with Gasteiger partial charge in [-0.3, -0.25) is 0 Å². The van der Waals surface area contributed by atoms with Crippen LogP contribution in [0.5, 0.6) is 0 Å². The summed E-state index contributed by atoms with van der Waals surface area (Å²) in [6.45, 7) is 7.95. The average molecular weight is 245 g/mol. The van der Waals surface area contributed by atoms with E-state index in [4.69, 9.17) is 5.26 Å². The number of nitrogens with one attached hydrogen (secondary N) is 2. The fourth-order valence-corrected chi connectivity index (χ4v) is 1.36. The van der Waals surface area contributed by atoms with Crippen LogP contribution in [0.15, 0.2) is 18.2 Å². The van der Waals surface area contributed by atoms with Crippen molar-refractivity contribution >= 4 is 11.7 Å². The molecule has 1 aromatic rings. The molecule has 0 fully saturated rings. The van der Waals surface area contributed by atoms with Crippen molar-refractivity contribution in [2.24, 2.45) is 5.92 Å². The van der Waals surface area contributed by atoms with E-state index >= 15 is 0 Å². The van der Waals surface area contributed by atoms with E-state index in [1.54, 1.807) is 12.1 Å². The van der Waals surface area contributed by atoms with E-state index in [1.165, 1.54) is 0 Å². The maximum Gasteiger partial charge on any atom is 0.319 e. The van der Waals surface area contributed by atoms with Gasteiger partial charge in [-0.15, -0.1) is 0 Å². The molecule has 0 bridgehead atoms. The van der Waals surface area contributed by atoms with Gasteiger partial charge in [0.05, 0.1) is 11.6 Å². The number of hydrogen-bond acceptors (Lipinski definition) is 2. The minimum atomic E-state index is -0.241. The van der Waals surface area contributed by atoms with E-state index in [-0.39, 0.29) is 12.1 Å². The molecule has 2 amide bonds. The summed E-state index contributed by atoms with van der Waals surface area (Å²) in [5.41, 5.74) is 2.14. The molecule has 0 aliphatic carbocycles. The maximum absolute atomic E-state index is 11.8. The Hall–Kier alpha value is -2.02. The summed E-state index contributed by atoms with van der Waals surface area (Å²) in [4.78, 5) is 11.8. The van der Waals surface area contributed by atoms with Crippen molar-refractivity contribution in [2.45, 2.75) is 33.7 Å². The van der Waals surface area contributed by atoms with Gasteiger partial charge in [-0.05, 0) is 37.5 Å². The lowest BCUT2D eigenvalue weighted by molar-refractivity contribution is 0.246. The Morgan fingerprint density at radius 1 is 1.33 bits per heavy atom. The van der Waals surface area contributed by atoms with Gasteiger partial charge in [0.1, 0.15) is 0 Å². The highest BCUT2D eigenvalue weighted by molar-refractivity contribution is 5.90. The van der Waals surface area contributed by atoms with Crippen molar-refractivity contribution in [3.8, 4) is 6.07 Å². The second-order valence-corrected chi connectivity index (χ2v) is 4.77. The summed E-state index contributed by atoms with van der Waals surface area (Å²) in [7, 11) is 0. The Bertz CT molecular complexity index is 474. The molecule has 0 saturated heterocycles. The minimum Gasteiger partial charge on any atom is -0.335 e. The molecule has 4 heteroatoms. The van der Waals surface area contributed by atoms with E-state index in [2.05, 4.69) is 16.7 Å². The highest BCUT2D eigenvalue weighted by atomic mass is 16.2. The third-order valence-corrected chi connectivity index (χ3v) is 2.97. The minimum absolute atomic E-state index is 0.101. The van der Waals surface area contributed by atoms with E-state index < -0.39 is 0 Å². The number of rotatable bonds is 3. The van der Waals surface area contributed by atoms with E-state index in [0.29, 0.717) is 17.2 Å². The number of nitriles is 1. The van der Waals surface area contributed by atoms with Crippen LogP contribution in [0.2, 0.25) is 0 Å². The molecule has 0 aliphatic rings. The zero-order chi connectivity index (χ0) is 13.7. The Labute approximate surface area is 108 Å². The van der Waals surface area contributed by atoms with Gasteiger partial charge in [-0.25, -0.2) is 4.79 Å². The summed E-state index contributed by atoms with van der Waals surface area (Å²) in [6.07, 6.45) is 0. The van der Waals surface area contributed by atoms with E-state index in [9.17, 15) is 4.79 Å². The molecule has 0 aliphatic heterocycles. The summed E-state index contributed by atoms with van der Waals surface area (Å²) in [5, 5.41) is 14.5. The first-order chi connectivity index (χ1) is 8.43. The average Bonchev–Trinajstić information content (AvgIpc) is 2.31. The lowest BCUT2D eigenvalue weighted by Crippen LogP contribution is -2.39. The molecule has 1 aromatic carbocycles. The van der Waals surface area contributed by atoms with Crippen molar-refractivity contribution in [3.05, 3.63) is 29.3 Å². The normalized spacial score (nSPS) is 11.8. The number of benzene rings is 1. The van der Waals surface area contributed by atoms with Crippen LogP contribution in [0.3, 0.4) is 0 Å². The molecule has 0 unspecified atom stereocenters. The smallest absolute Gasteiger partial charge is 0.319 e. The zero-order valence-electron chi connectivity index (χ0n) is 11.2. The Balaban J connectivity index is 2.73. The van der Waals surface area contributed by atoms with Crippen molar-refractivity contribution < 1.29 is 4.79 Å². The molecule has 0 aromatic heterocycles. The molecular formula is C14H19N3O. The first kappa shape index (κ1) is 14.0. The fraction of sp³-hybridized carbons (Fsp3) is 0.429. The van der Waals surface area contributed by atoms with Crippen molar-refractivity contribution in [3.63, 3.8) is 0 Å². The lowest BCUT2D eigenvalue weighted by atomic mass is 10.1. The lowest BCUT2D eigenvalue weighted by Gasteiger charge is -2.18.